The number of nitrogens with two attached hydrogens (primary N) is 1. The topological polar surface area (TPSA) is 103 Å². The maximum Gasteiger partial charge on any atom is 0.226 e. The fourth-order valence-corrected chi connectivity index (χ4v) is 10.7. The summed E-state index contributed by atoms with van der Waals surface area (Å²) in [5.74, 6) is 0.384. The number of methoxy groups -OCH3 is 2. The van der Waals surface area contributed by atoms with Crippen molar-refractivity contribution in [1.29, 1.82) is 0 Å². The van der Waals surface area contributed by atoms with E-state index in [1.807, 2.05) is 0 Å². The Labute approximate surface area is 265 Å². The monoisotopic (exact) mass is 626 g/mol. The number of nitrogens with zero attached hydrogens (tertiary/aromatic N) is 1. The third-order valence-electron chi connectivity index (χ3n) is 12.3. The van der Waals surface area contributed by atoms with Crippen molar-refractivity contribution >= 4 is 11.4 Å². The van der Waals surface area contributed by atoms with Crippen molar-refractivity contribution in [3.05, 3.63) is 53.0 Å². The molecule has 0 bridgehead atoms. The highest BCUT2D eigenvalue weighted by molar-refractivity contribution is 6.11. The van der Waals surface area contributed by atoms with Crippen LogP contribution in [0.2, 0.25) is 0 Å². The third-order valence-corrected chi connectivity index (χ3v) is 12.3. The normalized spacial score (nSPS) is 42.4. The van der Waals surface area contributed by atoms with Crippen LogP contribution >= 0.6 is 0 Å². The van der Waals surface area contributed by atoms with E-state index in [0.29, 0.717) is 42.2 Å². The van der Waals surface area contributed by atoms with Crippen LogP contribution in [0.3, 0.4) is 0 Å². The van der Waals surface area contributed by atoms with Crippen molar-refractivity contribution in [3.63, 3.8) is 0 Å². The summed E-state index contributed by atoms with van der Waals surface area (Å²) in [6, 6.07) is 4.92. The van der Waals surface area contributed by atoms with E-state index in [2.05, 4.69) is 19.9 Å². The molecule has 246 valence electrons. The first-order chi connectivity index (χ1) is 21.7. The van der Waals surface area contributed by atoms with E-state index in [1.54, 1.807) is 32.6 Å². The molecule has 4 unspecified atom stereocenters. The zero-order chi connectivity index (χ0) is 31.5. The molecule has 8 atom stereocenters. The summed E-state index contributed by atoms with van der Waals surface area (Å²) in [5, 5.41) is 0. The number of aliphatic imine (C=N–C) groups is 1. The van der Waals surface area contributed by atoms with E-state index in [-0.39, 0.29) is 49.6 Å². The number of rotatable bonds is 7. The number of fused-ring (bicyclic) bond motifs is 7. The van der Waals surface area contributed by atoms with Gasteiger partial charge in [-0.1, -0.05) is 19.4 Å². The highest BCUT2D eigenvalue weighted by Crippen LogP contribution is 2.72. The van der Waals surface area contributed by atoms with E-state index in [4.69, 9.17) is 43.9 Å². The number of hydrogen-bond acceptors (Lipinski definition) is 9. The third kappa shape index (κ3) is 4.70. The minimum atomic E-state index is -0.861. The van der Waals surface area contributed by atoms with Gasteiger partial charge >= 0.3 is 0 Å². The Kier molecular flexibility index (Phi) is 8.24. The van der Waals surface area contributed by atoms with Gasteiger partial charge in [-0.2, -0.15) is 0 Å². The van der Waals surface area contributed by atoms with E-state index in [1.165, 1.54) is 11.6 Å². The fourth-order valence-electron chi connectivity index (χ4n) is 10.7. The number of hydrogen-bond donors (Lipinski definition) is 1. The molecule has 3 saturated carbocycles. The van der Waals surface area contributed by atoms with E-state index in [0.717, 1.165) is 49.8 Å². The van der Waals surface area contributed by atoms with Crippen LogP contribution in [0.15, 0.2) is 46.6 Å². The smallest absolute Gasteiger partial charge is 0.226 e. The van der Waals surface area contributed by atoms with Gasteiger partial charge in [-0.25, -0.2) is 9.38 Å². The van der Waals surface area contributed by atoms with Crippen molar-refractivity contribution in [2.75, 3.05) is 47.8 Å². The highest BCUT2D eigenvalue weighted by Gasteiger charge is 2.76. The van der Waals surface area contributed by atoms with E-state index < -0.39 is 11.4 Å². The average molecular weight is 627 g/mol. The number of benzene rings is 1. The fraction of sp³-hybridized carbons (Fsp3) is 0.686. The van der Waals surface area contributed by atoms with Gasteiger partial charge < -0.3 is 38.9 Å². The standard InChI is InChI=1S/C35H47FN2O7/c1-32-13-23(15-37)30(38-26-6-8-29(36)22(11-26)16-39-3)12-25(32)5-7-27-28-9-10-34(35(45-21-43-34)18-42-20-44-35)33(28,2)14-24(31(27)32)17-41-19-40-4/h6,8,11-12,15,24,27-28,31H,5,7,9-10,13-14,16-21,37H2,1-4H3/t24?,27-,28?,31?,32-,33-,34+,35?/m0/s1. The Morgan fingerprint density at radius 3 is 2.71 bits per heavy atom. The second-order valence-electron chi connectivity index (χ2n) is 14.3. The molecule has 2 saturated heterocycles. The Morgan fingerprint density at radius 1 is 1.11 bits per heavy atom. The summed E-state index contributed by atoms with van der Waals surface area (Å²) in [7, 11) is 3.23. The molecule has 9 nitrogen and oxygen atoms in total. The van der Waals surface area contributed by atoms with Crippen LogP contribution in [0.25, 0.3) is 0 Å². The highest BCUT2D eigenvalue weighted by atomic mass is 19.1. The van der Waals surface area contributed by atoms with Gasteiger partial charge in [0.15, 0.2) is 13.6 Å². The molecule has 45 heavy (non-hydrogen) atoms. The van der Waals surface area contributed by atoms with Gasteiger partial charge in [0.1, 0.15) is 24.8 Å². The summed E-state index contributed by atoms with van der Waals surface area (Å²) in [6.45, 7) is 6.73. The summed E-state index contributed by atoms with van der Waals surface area (Å²) in [6.07, 6.45) is 9.70. The molecule has 1 aromatic carbocycles. The summed E-state index contributed by atoms with van der Waals surface area (Å²) >= 11 is 0. The number of ether oxygens (including phenoxy) is 7. The summed E-state index contributed by atoms with van der Waals surface area (Å²) < 4.78 is 56.0. The SMILES string of the molecule is COCOCC1C[C@@]2(C)C(CC[C@@]23OCOC32COCO2)[C@@H]2CCC3=CC(=Nc4ccc(F)c(COC)c4)C(=CN)C[C@]3(C)C12. The molecule has 2 N–H and O–H groups in total. The first-order valence-electron chi connectivity index (χ1n) is 16.3. The molecule has 2 heterocycles. The predicted octanol–water partition coefficient (Wildman–Crippen LogP) is 5.75. The molecule has 6 aliphatic rings. The van der Waals surface area contributed by atoms with Crippen LogP contribution in [0, 0.1) is 40.3 Å². The van der Waals surface area contributed by atoms with E-state index >= 15 is 0 Å². The largest absolute Gasteiger partial charge is 0.404 e. The van der Waals surface area contributed by atoms with Gasteiger partial charge in [-0.3, -0.25) is 0 Å². The first-order valence-corrected chi connectivity index (χ1v) is 16.3. The van der Waals surface area contributed by atoms with Crippen LogP contribution in [0.4, 0.5) is 10.1 Å². The molecular formula is C35H47FN2O7. The second kappa shape index (κ2) is 11.8. The van der Waals surface area contributed by atoms with Gasteiger partial charge in [0.05, 0.1) is 24.6 Å². The Bertz CT molecular complexity index is 1390. The average Bonchev–Trinajstić information content (AvgIpc) is 3.73. The van der Waals surface area contributed by atoms with Crippen LogP contribution < -0.4 is 5.73 Å². The predicted molar refractivity (Wildman–Crippen MR) is 165 cm³/mol. The Balaban J connectivity index is 1.26. The molecule has 2 aliphatic heterocycles. The maximum atomic E-state index is 14.3. The first kappa shape index (κ1) is 31.4. The minimum Gasteiger partial charge on any atom is -0.404 e. The Morgan fingerprint density at radius 2 is 1.96 bits per heavy atom. The van der Waals surface area contributed by atoms with E-state index in [9.17, 15) is 4.39 Å². The van der Waals surface area contributed by atoms with Gasteiger partial charge in [0.2, 0.25) is 5.79 Å². The van der Waals surface area contributed by atoms with Crippen LogP contribution in [0.1, 0.15) is 57.9 Å². The second-order valence-corrected chi connectivity index (χ2v) is 14.3. The lowest BCUT2D eigenvalue weighted by molar-refractivity contribution is -0.255. The Hall–Kier alpha value is -2.18. The van der Waals surface area contributed by atoms with Crippen molar-refractivity contribution < 1.29 is 37.5 Å². The molecule has 0 radical (unpaired) electrons. The summed E-state index contributed by atoms with van der Waals surface area (Å²) in [4.78, 5) is 4.99. The van der Waals surface area contributed by atoms with Crippen LogP contribution in [0.5, 0.6) is 0 Å². The van der Waals surface area contributed by atoms with Crippen LogP contribution in [-0.2, 0) is 39.8 Å². The lowest BCUT2D eigenvalue weighted by Crippen LogP contribution is -2.65. The van der Waals surface area contributed by atoms with Crippen molar-refractivity contribution in [3.8, 4) is 0 Å². The summed E-state index contributed by atoms with van der Waals surface area (Å²) in [5.41, 5.74) is 9.92. The van der Waals surface area contributed by atoms with Crippen molar-refractivity contribution in [1.82, 2.24) is 0 Å². The minimum absolute atomic E-state index is 0.118. The van der Waals surface area contributed by atoms with Crippen molar-refractivity contribution in [2.24, 2.45) is 45.2 Å². The van der Waals surface area contributed by atoms with Crippen LogP contribution in [-0.4, -0.2) is 64.9 Å². The molecule has 0 aromatic heterocycles. The van der Waals surface area contributed by atoms with Gasteiger partial charge in [-0.05, 0) is 104 Å². The lowest BCUT2D eigenvalue weighted by atomic mass is 9.43. The van der Waals surface area contributed by atoms with Gasteiger partial charge in [-0.15, -0.1) is 0 Å². The molecule has 5 fully saturated rings. The molecule has 4 aliphatic carbocycles. The molecule has 2 spiro atoms. The molecular weight excluding hydrogens is 579 g/mol. The molecule has 0 amide bonds. The number of allylic oxidation sites excluding steroid dienone is 3. The quantitative estimate of drug-likeness (QED) is 0.302. The number of halogens is 1. The molecule has 7 rings (SSSR count). The zero-order valence-electron chi connectivity index (χ0n) is 26.9. The van der Waals surface area contributed by atoms with Gasteiger partial charge in [0.25, 0.3) is 0 Å². The lowest BCUT2D eigenvalue weighted by Gasteiger charge is -2.63. The molecule has 10 heteroatoms. The maximum absolute atomic E-state index is 14.3. The van der Waals surface area contributed by atoms with Gasteiger partial charge in [0, 0.05) is 25.2 Å². The molecule has 1 aromatic rings. The van der Waals surface area contributed by atoms with Crippen molar-refractivity contribution in [2.45, 2.75) is 70.4 Å². The zero-order valence-corrected chi connectivity index (χ0v) is 26.9.